The van der Waals surface area contributed by atoms with E-state index in [4.69, 9.17) is 4.74 Å². The smallest absolute Gasteiger partial charge is 0.151 e. The van der Waals surface area contributed by atoms with Gasteiger partial charge in [0.1, 0.15) is 5.75 Å². The van der Waals surface area contributed by atoms with Crippen molar-refractivity contribution in [2.75, 3.05) is 13.1 Å². The van der Waals surface area contributed by atoms with Crippen molar-refractivity contribution in [1.82, 2.24) is 9.88 Å². The molecule has 0 bridgehead atoms. The van der Waals surface area contributed by atoms with Gasteiger partial charge in [-0.15, -0.1) is 0 Å². The number of benzene rings is 1. The summed E-state index contributed by atoms with van der Waals surface area (Å²) in [4.78, 5) is 0. The van der Waals surface area contributed by atoms with Crippen LogP contribution in [0, 0.1) is 0 Å². The number of fused-ring (bicyclic) bond motifs is 3. The molecular formula is C16H17BrN2O. The summed E-state index contributed by atoms with van der Waals surface area (Å²) in [5.74, 6) is 1.03. The van der Waals surface area contributed by atoms with Gasteiger partial charge < -0.3 is 14.6 Å². The predicted octanol–water partition coefficient (Wildman–Crippen LogP) is 3.27. The first-order chi connectivity index (χ1) is 9.78. The van der Waals surface area contributed by atoms with Gasteiger partial charge in [-0.05, 0) is 47.2 Å². The monoisotopic (exact) mass is 332 g/mol. The summed E-state index contributed by atoms with van der Waals surface area (Å²) >= 11 is 3.68. The van der Waals surface area contributed by atoms with Crippen LogP contribution in [-0.4, -0.2) is 17.7 Å². The van der Waals surface area contributed by atoms with Crippen molar-refractivity contribution in [1.29, 1.82) is 0 Å². The van der Waals surface area contributed by atoms with E-state index < -0.39 is 0 Å². The number of ether oxygens (including phenoxy) is 1. The Bertz CT molecular complexity index is 644. The molecule has 0 atom stereocenters. The van der Waals surface area contributed by atoms with E-state index in [1.807, 2.05) is 0 Å². The predicted molar refractivity (Wildman–Crippen MR) is 82.1 cm³/mol. The Morgan fingerprint density at radius 3 is 2.75 bits per heavy atom. The summed E-state index contributed by atoms with van der Waals surface area (Å²) < 4.78 is 10.0. The Kier molecular flexibility index (Phi) is 2.89. The molecule has 0 aliphatic carbocycles. The van der Waals surface area contributed by atoms with Crippen molar-refractivity contribution in [2.24, 2.45) is 0 Å². The van der Waals surface area contributed by atoms with Crippen LogP contribution in [0.3, 0.4) is 0 Å². The molecule has 4 rings (SSSR count). The average molecular weight is 333 g/mol. The number of hydrogen-bond acceptors (Lipinski definition) is 2. The molecule has 3 nitrogen and oxygen atoms in total. The Balaban J connectivity index is 1.91. The zero-order valence-corrected chi connectivity index (χ0v) is 12.8. The molecule has 1 aromatic carbocycles. The fourth-order valence-corrected chi connectivity index (χ4v) is 3.81. The fourth-order valence-electron chi connectivity index (χ4n) is 3.36. The molecule has 1 aromatic heterocycles. The van der Waals surface area contributed by atoms with Gasteiger partial charge in [0.2, 0.25) is 0 Å². The molecule has 0 unspecified atom stereocenters. The van der Waals surface area contributed by atoms with Gasteiger partial charge in [-0.1, -0.05) is 18.2 Å². The number of halogens is 1. The largest absolute Gasteiger partial charge is 0.481 e. The Morgan fingerprint density at radius 2 is 1.90 bits per heavy atom. The summed E-state index contributed by atoms with van der Waals surface area (Å²) in [6, 6.07) is 12.7. The topological polar surface area (TPSA) is 26.2 Å². The maximum atomic E-state index is 6.54. The minimum atomic E-state index is -0.191. The van der Waals surface area contributed by atoms with E-state index in [0.29, 0.717) is 0 Å². The van der Waals surface area contributed by atoms with Crippen molar-refractivity contribution in [3.05, 3.63) is 52.3 Å². The minimum Gasteiger partial charge on any atom is -0.481 e. The third-order valence-electron chi connectivity index (χ3n) is 4.41. The maximum absolute atomic E-state index is 6.54. The first kappa shape index (κ1) is 12.5. The number of nitrogens with zero attached hydrogens (tertiary/aromatic N) is 1. The highest BCUT2D eigenvalue weighted by Gasteiger charge is 2.41. The van der Waals surface area contributed by atoms with Gasteiger partial charge in [-0.25, -0.2) is 0 Å². The zero-order valence-electron chi connectivity index (χ0n) is 11.2. The second-order valence-electron chi connectivity index (χ2n) is 5.58. The van der Waals surface area contributed by atoms with Crippen molar-refractivity contribution < 1.29 is 4.74 Å². The van der Waals surface area contributed by atoms with Gasteiger partial charge in [0.05, 0.1) is 16.8 Å². The first-order valence-electron chi connectivity index (χ1n) is 7.12. The van der Waals surface area contributed by atoms with E-state index in [0.717, 1.165) is 42.8 Å². The molecular weight excluding hydrogens is 316 g/mol. The van der Waals surface area contributed by atoms with Crippen molar-refractivity contribution in [3.8, 4) is 5.75 Å². The van der Waals surface area contributed by atoms with Crippen LogP contribution in [0.2, 0.25) is 0 Å². The standard InChI is InChI=1S/C16H17BrN2O/c17-15-6-5-14-16(7-9-18-10-8-16)20-13-4-2-1-3-12(13)11-19(14)15/h1-6,18H,7-11H2. The van der Waals surface area contributed by atoms with Gasteiger partial charge in [0, 0.05) is 18.4 Å². The molecule has 0 radical (unpaired) electrons. The molecule has 2 aliphatic heterocycles. The van der Waals surface area contributed by atoms with Gasteiger partial charge in [-0.2, -0.15) is 0 Å². The van der Waals surface area contributed by atoms with Crippen LogP contribution < -0.4 is 10.1 Å². The minimum absolute atomic E-state index is 0.191. The van der Waals surface area contributed by atoms with E-state index in [9.17, 15) is 0 Å². The number of piperidine rings is 1. The van der Waals surface area contributed by atoms with E-state index in [2.05, 4.69) is 62.2 Å². The lowest BCUT2D eigenvalue weighted by Crippen LogP contribution is -2.44. The summed E-state index contributed by atoms with van der Waals surface area (Å²) in [7, 11) is 0. The molecule has 20 heavy (non-hydrogen) atoms. The van der Waals surface area contributed by atoms with Crippen LogP contribution in [0.15, 0.2) is 41.0 Å². The van der Waals surface area contributed by atoms with E-state index >= 15 is 0 Å². The summed E-state index contributed by atoms with van der Waals surface area (Å²) in [6.45, 7) is 2.88. The third-order valence-corrected chi connectivity index (χ3v) is 5.10. The second kappa shape index (κ2) is 4.64. The molecule has 2 aliphatic rings. The lowest BCUT2D eigenvalue weighted by atomic mass is 9.88. The first-order valence-corrected chi connectivity index (χ1v) is 7.91. The number of rotatable bonds is 0. The zero-order chi connectivity index (χ0) is 13.6. The van der Waals surface area contributed by atoms with Crippen molar-refractivity contribution >= 4 is 15.9 Å². The van der Waals surface area contributed by atoms with Gasteiger partial charge >= 0.3 is 0 Å². The normalized spacial score (nSPS) is 19.9. The molecule has 1 fully saturated rings. The highest BCUT2D eigenvalue weighted by molar-refractivity contribution is 9.10. The molecule has 0 saturated carbocycles. The average Bonchev–Trinajstić information content (AvgIpc) is 2.78. The van der Waals surface area contributed by atoms with Gasteiger partial charge in [0.15, 0.2) is 5.60 Å². The van der Waals surface area contributed by atoms with Crippen LogP contribution in [-0.2, 0) is 12.1 Å². The number of para-hydroxylation sites is 1. The SMILES string of the molecule is Brc1ccc2n1Cc1ccccc1OC21CCNCC1. The number of nitrogens with one attached hydrogen (secondary N) is 1. The molecule has 3 heterocycles. The van der Waals surface area contributed by atoms with Crippen LogP contribution in [0.1, 0.15) is 24.1 Å². The molecule has 2 aromatic rings. The second-order valence-corrected chi connectivity index (χ2v) is 6.39. The van der Waals surface area contributed by atoms with Crippen LogP contribution in [0.25, 0.3) is 0 Å². The summed E-state index contributed by atoms with van der Waals surface area (Å²) in [5.41, 5.74) is 2.35. The summed E-state index contributed by atoms with van der Waals surface area (Å²) in [5, 5.41) is 3.44. The summed E-state index contributed by atoms with van der Waals surface area (Å²) in [6.07, 6.45) is 2.02. The lowest BCUT2D eigenvalue weighted by Gasteiger charge is -2.37. The van der Waals surface area contributed by atoms with Crippen LogP contribution in [0.5, 0.6) is 5.75 Å². The Morgan fingerprint density at radius 1 is 1.10 bits per heavy atom. The highest BCUT2D eigenvalue weighted by Crippen LogP contribution is 2.42. The van der Waals surface area contributed by atoms with Crippen LogP contribution >= 0.6 is 15.9 Å². The molecule has 1 saturated heterocycles. The van der Waals surface area contributed by atoms with Gasteiger partial charge in [0.25, 0.3) is 0 Å². The Hall–Kier alpha value is -1.26. The highest BCUT2D eigenvalue weighted by atomic mass is 79.9. The fraction of sp³-hybridized carbons (Fsp3) is 0.375. The van der Waals surface area contributed by atoms with E-state index in [-0.39, 0.29) is 5.60 Å². The van der Waals surface area contributed by atoms with Crippen molar-refractivity contribution in [3.63, 3.8) is 0 Å². The van der Waals surface area contributed by atoms with E-state index in [1.165, 1.54) is 11.3 Å². The van der Waals surface area contributed by atoms with Gasteiger partial charge in [-0.3, -0.25) is 0 Å². The van der Waals surface area contributed by atoms with Crippen molar-refractivity contribution in [2.45, 2.75) is 25.0 Å². The molecule has 1 spiro atoms. The number of hydrogen-bond donors (Lipinski definition) is 1. The quantitative estimate of drug-likeness (QED) is 0.801. The molecule has 0 amide bonds. The Labute approximate surface area is 127 Å². The lowest BCUT2D eigenvalue weighted by molar-refractivity contribution is 0.0292. The molecule has 1 N–H and O–H groups in total. The molecule has 104 valence electrons. The number of aromatic nitrogens is 1. The molecule has 4 heteroatoms. The van der Waals surface area contributed by atoms with E-state index in [1.54, 1.807) is 0 Å². The third kappa shape index (κ3) is 1.82. The van der Waals surface area contributed by atoms with Crippen LogP contribution in [0.4, 0.5) is 0 Å². The maximum Gasteiger partial charge on any atom is 0.151 e.